The first-order chi connectivity index (χ1) is 17.0. The van der Waals surface area contributed by atoms with Crippen LogP contribution in [0.15, 0.2) is 96.1 Å². The molecule has 0 bridgehead atoms. The molecule has 0 spiro atoms. The van der Waals surface area contributed by atoms with Crippen molar-refractivity contribution in [2.75, 3.05) is 16.8 Å². The van der Waals surface area contributed by atoms with Crippen LogP contribution in [0, 0.1) is 0 Å². The average molecular weight is 463 g/mol. The number of carbonyl (C=O) groups excluding carboxylic acids is 3. The lowest BCUT2D eigenvalue weighted by Gasteiger charge is -2.16. The van der Waals surface area contributed by atoms with Gasteiger partial charge in [-0.25, -0.2) is 5.43 Å². The van der Waals surface area contributed by atoms with Crippen LogP contribution in [0.2, 0.25) is 0 Å². The van der Waals surface area contributed by atoms with E-state index < -0.39 is 5.91 Å². The van der Waals surface area contributed by atoms with E-state index in [0.717, 1.165) is 22.0 Å². The third-order valence-electron chi connectivity index (χ3n) is 5.90. The number of amides is 3. The maximum atomic E-state index is 12.9. The van der Waals surface area contributed by atoms with E-state index in [1.807, 2.05) is 60.7 Å². The predicted octanol–water partition coefficient (Wildman–Crippen LogP) is 4.59. The van der Waals surface area contributed by atoms with E-state index in [1.54, 1.807) is 37.3 Å². The van der Waals surface area contributed by atoms with E-state index in [1.165, 1.54) is 4.90 Å². The highest BCUT2D eigenvalue weighted by molar-refractivity contribution is 6.26. The molecule has 0 radical (unpaired) electrons. The number of nitrogens with zero attached hydrogens (tertiary/aromatic N) is 2. The molecule has 1 aliphatic heterocycles. The molecule has 0 aromatic heterocycles. The minimum atomic E-state index is -0.394. The van der Waals surface area contributed by atoms with Crippen molar-refractivity contribution >= 4 is 45.6 Å². The van der Waals surface area contributed by atoms with Crippen molar-refractivity contribution in [3.05, 3.63) is 108 Å². The number of benzene rings is 4. The molecule has 4 aromatic carbocycles. The number of hydrazone groups is 1. The van der Waals surface area contributed by atoms with Crippen molar-refractivity contribution in [2.45, 2.75) is 6.92 Å². The third kappa shape index (κ3) is 4.39. The van der Waals surface area contributed by atoms with Crippen LogP contribution in [0.1, 0.15) is 33.2 Å². The van der Waals surface area contributed by atoms with Gasteiger partial charge in [-0.15, -0.1) is 0 Å². The summed E-state index contributed by atoms with van der Waals surface area (Å²) >= 11 is 0. The number of rotatable bonds is 6. The Bertz CT molecular complexity index is 1470. The zero-order valence-electron chi connectivity index (χ0n) is 19.0. The summed E-state index contributed by atoms with van der Waals surface area (Å²) in [7, 11) is 0. The number of anilines is 2. The zero-order chi connectivity index (χ0) is 24.4. The Hall–Kier alpha value is -4.78. The smallest absolute Gasteiger partial charge is 0.260 e. The monoisotopic (exact) mass is 462 g/mol. The van der Waals surface area contributed by atoms with Gasteiger partial charge in [-0.05, 0) is 54.3 Å². The van der Waals surface area contributed by atoms with Crippen LogP contribution in [-0.2, 0) is 4.79 Å². The number of hydrogen-bond donors (Lipinski definition) is 2. The third-order valence-corrected chi connectivity index (χ3v) is 5.90. The van der Waals surface area contributed by atoms with Crippen LogP contribution >= 0.6 is 0 Å². The Morgan fingerprint density at radius 2 is 1.54 bits per heavy atom. The van der Waals surface area contributed by atoms with Gasteiger partial charge in [0.1, 0.15) is 6.54 Å². The van der Waals surface area contributed by atoms with Gasteiger partial charge in [-0.3, -0.25) is 19.3 Å². The molecular formula is C28H22N4O3. The van der Waals surface area contributed by atoms with Gasteiger partial charge < -0.3 is 5.32 Å². The van der Waals surface area contributed by atoms with E-state index in [4.69, 9.17) is 0 Å². The van der Waals surface area contributed by atoms with Crippen molar-refractivity contribution in [2.24, 2.45) is 5.10 Å². The summed E-state index contributed by atoms with van der Waals surface area (Å²) in [5.41, 5.74) is 6.49. The topological polar surface area (TPSA) is 90.9 Å². The molecule has 0 saturated carbocycles. The van der Waals surface area contributed by atoms with Crippen molar-refractivity contribution in [3.8, 4) is 0 Å². The van der Waals surface area contributed by atoms with Crippen LogP contribution in [0.4, 0.5) is 11.4 Å². The first-order valence-electron chi connectivity index (χ1n) is 11.1. The number of nitrogens with one attached hydrogen (secondary N) is 2. The molecule has 3 amide bonds. The molecule has 7 nitrogen and oxygen atoms in total. The molecule has 5 rings (SSSR count). The fraction of sp³-hybridized carbons (Fsp3) is 0.0714. The Labute approximate surface area is 202 Å². The first-order valence-corrected chi connectivity index (χ1v) is 11.1. The molecule has 1 heterocycles. The van der Waals surface area contributed by atoms with Crippen molar-refractivity contribution < 1.29 is 14.4 Å². The normalized spacial score (nSPS) is 12.7. The summed E-state index contributed by atoms with van der Waals surface area (Å²) in [6.45, 7) is 1.64. The molecule has 1 aliphatic rings. The lowest BCUT2D eigenvalue weighted by Crippen LogP contribution is -2.37. The molecule has 2 N–H and O–H groups in total. The Balaban J connectivity index is 1.22. The van der Waals surface area contributed by atoms with Crippen molar-refractivity contribution in [3.63, 3.8) is 0 Å². The van der Waals surface area contributed by atoms with E-state index in [9.17, 15) is 14.4 Å². The van der Waals surface area contributed by atoms with E-state index in [0.29, 0.717) is 22.5 Å². The molecule has 35 heavy (non-hydrogen) atoms. The van der Waals surface area contributed by atoms with Gasteiger partial charge in [-0.1, -0.05) is 54.6 Å². The Morgan fingerprint density at radius 3 is 2.29 bits per heavy atom. The molecular weight excluding hydrogens is 440 g/mol. The first kappa shape index (κ1) is 22.0. The molecule has 4 aromatic rings. The Kier molecular flexibility index (Phi) is 5.81. The lowest BCUT2D eigenvalue weighted by atomic mass is 10.1. The molecule has 0 fully saturated rings. The fourth-order valence-electron chi connectivity index (χ4n) is 4.11. The summed E-state index contributed by atoms with van der Waals surface area (Å²) in [6, 6.07) is 27.4. The Morgan fingerprint density at radius 1 is 0.829 bits per heavy atom. The average Bonchev–Trinajstić information content (AvgIpc) is 3.16. The van der Waals surface area contributed by atoms with Gasteiger partial charge in [0.15, 0.2) is 0 Å². The van der Waals surface area contributed by atoms with Gasteiger partial charge in [0.05, 0.1) is 11.4 Å². The van der Waals surface area contributed by atoms with Crippen LogP contribution < -0.4 is 15.6 Å². The summed E-state index contributed by atoms with van der Waals surface area (Å²) in [4.78, 5) is 39.2. The van der Waals surface area contributed by atoms with Crippen LogP contribution in [0.3, 0.4) is 0 Å². The molecule has 0 atom stereocenters. The molecule has 0 saturated heterocycles. The van der Waals surface area contributed by atoms with E-state index in [2.05, 4.69) is 15.8 Å². The minimum absolute atomic E-state index is 0.131. The van der Waals surface area contributed by atoms with E-state index in [-0.39, 0.29) is 18.4 Å². The van der Waals surface area contributed by atoms with Crippen molar-refractivity contribution in [1.29, 1.82) is 0 Å². The molecule has 7 heteroatoms. The van der Waals surface area contributed by atoms with Gasteiger partial charge in [0, 0.05) is 22.2 Å². The second-order valence-corrected chi connectivity index (χ2v) is 8.20. The largest absolute Gasteiger partial charge is 0.322 e. The zero-order valence-corrected chi connectivity index (χ0v) is 19.0. The summed E-state index contributed by atoms with van der Waals surface area (Å²) in [5.74, 6) is -0.777. The second kappa shape index (κ2) is 9.23. The van der Waals surface area contributed by atoms with E-state index >= 15 is 0 Å². The highest BCUT2D eigenvalue weighted by Gasteiger charge is 2.30. The van der Waals surface area contributed by atoms with Gasteiger partial charge >= 0.3 is 0 Å². The standard InChI is InChI=1S/C28H22N4O3/c1-18(19-13-15-22(16-14-19)29-27(34)21-7-3-2-4-8-21)30-31-25(33)17-32-24-12-6-10-20-9-5-11-23(26(20)24)28(32)35/h2-16H,17H2,1H3,(H,29,34)(H,31,33)/b30-18-. The van der Waals surface area contributed by atoms with Crippen LogP contribution in [-0.4, -0.2) is 30.0 Å². The van der Waals surface area contributed by atoms with Gasteiger partial charge in [0.25, 0.3) is 17.7 Å². The number of hydrogen-bond acceptors (Lipinski definition) is 4. The maximum absolute atomic E-state index is 12.9. The lowest BCUT2D eigenvalue weighted by molar-refractivity contribution is -0.119. The van der Waals surface area contributed by atoms with Crippen molar-refractivity contribution in [1.82, 2.24) is 5.43 Å². The summed E-state index contributed by atoms with van der Waals surface area (Å²) in [6.07, 6.45) is 0. The molecule has 0 unspecified atom stereocenters. The van der Waals surface area contributed by atoms with Gasteiger partial charge in [-0.2, -0.15) is 5.10 Å². The highest BCUT2D eigenvalue weighted by Crippen LogP contribution is 2.36. The van der Waals surface area contributed by atoms with Crippen LogP contribution in [0.5, 0.6) is 0 Å². The summed E-state index contributed by atoms with van der Waals surface area (Å²) in [5, 5.41) is 8.87. The van der Waals surface area contributed by atoms with Crippen LogP contribution in [0.25, 0.3) is 10.8 Å². The predicted molar refractivity (Wildman–Crippen MR) is 137 cm³/mol. The molecule has 0 aliphatic carbocycles. The SMILES string of the molecule is C/C(=N/NC(=O)CN1C(=O)c2cccc3cccc1c23)c1ccc(NC(=O)c2ccccc2)cc1. The quantitative estimate of drug-likeness (QED) is 0.324. The van der Waals surface area contributed by atoms with Gasteiger partial charge in [0.2, 0.25) is 0 Å². The highest BCUT2D eigenvalue weighted by atomic mass is 16.2. The minimum Gasteiger partial charge on any atom is -0.322 e. The second-order valence-electron chi connectivity index (χ2n) is 8.20. The maximum Gasteiger partial charge on any atom is 0.260 e. The summed E-state index contributed by atoms with van der Waals surface area (Å²) < 4.78 is 0. The molecule has 172 valence electrons. The number of carbonyl (C=O) groups is 3. The fourth-order valence-corrected chi connectivity index (χ4v) is 4.11.